The highest BCUT2D eigenvalue weighted by molar-refractivity contribution is 6.32. The van der Waals surface area contributed by atoms with E-state index in [1.807, 2.05) is 54.6 Å². The van der Waals surface area contributed by atoms with Crippen LogP contribution in [0.5, 0.6) is 17.2 Å². The van der Waals surface area contributed by atoms with Crippen molar-refractivity contribution in [3.8, 4) is 17.2 Å². The predicted octanol–water partition coefficient (Wildman–Crippen LogP) is 20.8. The van der Waals surface area contributed by atoms with E-state index in [1.54, 1.807) is 24.3 Å². The van der Waals surface area contributed by atoms with Gasteiger partial charge in [-0.1, -0.05) is 241 Å². The van der Waals surface area contributed by atoms with Crippen LogP contribution in [0.2, 0.25) is 15.1 Å². The Kier molecular flexibility index (Phi) is 25.3. The maximum atomic E-state index is 13.5. The molecular weight excluding hydrogens is 973 g/mol. The molecule has 0 radical (unpaired) electrons. The zero-order valence-electron chi connectivity index (χ0n) is 44.0. The van der Waals surface area contributed by atoms with E-state index in [0.29, 0.717) is 50.8 Å². The summed E-state index contributed by atoms with van der Waals surface area (Å²) in [7, 11) is 0. The van der Waals surface area contributed by atoms with Crippen LogP contribution in [-0.4, -0.2) is 0 Å². The van der Waals surface area contributed by atoms with E-state index in [9.17, 15) is 8.78 Å². The highest BCUT2D eigenvalue weighted by Gasteiger charge is 2.18. The molecule has 73 heavy (non-hydrogen) atoms. The van der Waals surface area contributed by atoms with Crippen LogP contribution in [0.4, 0.5) is 8.78 Å². The van der Waals surface area contributed by atoms with Gasteiger partial charge in [-0.2, -0.15) is 0 Å². The third kappa shape index (κ3) is 22.8. The Morgan fingerprint density at radius 1 is 0.397 bits per heavy atom. The first kappa shape index (κ1) is 63.8. The minimum atomic E-state index is -0.269. The number of rotatable bonds is 10. The maximum Gasteiger partial charge on any atom is 0.138 e. The van der Waals surface area contributed by atoms with Crippen molar-refractivity contribution in [1.82, 2.24) is 0 Å². The van der Waals surface area contributed by atoms with Gasteiger partial charge in [-0.25, -0.2) is 8.78 Å². The highest BCUT2D eigenvalue weighted by Crippen LogP contribution is 2.34. The molecule has 0 aliphatic rings. The van der Waals surface area contributed by atoms with Crippen LogP contribution in [0.25, 0.3) is 0 Å². The van der Waals surface area contributed by atoms with Crippen molar-refractivity contribution in [2.45, 2.75) is 147 Å². The van der Waals surface area contributed by atoms with Gasteiger partial charge in [-0.15, -0.1) is 0 Å². The first-order valence-corrected chi connectivity index (χ1v) is 25.2. The maximum absolute atomic E-state index is 13.5. The molecule has 0 bridgehead atoms. The summed E-state index contributed by atoms with van der Waals surface area (Å²) in [5.41, 5.74) is 9.21. The van der Waals surface area contributed by atoms with Crippen LogP contribution in [0.3, 0.4) is 0 Å². The quantitative estimate of drug-likeness (QED) is 0.137. The molecule has 7 aromatic rings. The summed E-state index contributed by atoms with van der Waals surface area (Å²) in [4.78, 5) is 0. The van der Waals surface area contributed by atoms with Gasteiger partial charge in [0.2, 0.25) is 0 Å². The molecule has 0 fully saturated rings. The van der Waals surface area contributed by atoms with E-state index < -0.39 is 0 Å². The largest absolute Gasteiger partial charge is 0.487 e. The van der Waals surface area contributed by atoms with Crippen LogP contribution < -0.4 is 14.2 Å². The molecule has 0 aromatic heterocycles. The van der Waals surface area contributed by atoms with E-state index >= 15 is 0 Å². The molecule has 0 heterocycles. The summed E-state index contributed by atoms with van der Waals surface area (Å²) < 4.78 is 43.6. The van der Waals surface area contributed by atoms with Gasteiger partial charge in [-0.05, 0) is 123 Å². The first-order chi connectivity index (χ1) is 33.2. The lowest BCUT2D eigenvalue weighted by atomic mass is 9.87. The third-order valence-electron chi connectivity index (χ3n) is 11.1. The Labute approximate surface area is 454 Å². The summed E-state index contributed by atoms with van der Waals surface area (Å²) >= 11 is 18.8. The highest BCUT2D eigenvalue weighted by atomic mass is 35.5. The van der Waals surface area contributed by atoms with Crippen molar-refractivity contribution in [1.29, 1.82) is 0 Å². The topological polar surface area (TPSA) is 27.7 Å². The summed E-state index contributed by atoms with van der Waals surface area (Å²) in [5, 5.41) is 1.80. The zero-order valence-corrected chi connectivity index (χ0v) is 46.2. The SMILES string of the molecule is C.C.CC(C)(C)Cc1ccccc1.CC(C)(C)c1ccc(OCc2cccc(F)c2)c(Cl)c1.CC(C)(C)c1ccc(OCc2ccccc2F)c(Cl)c1.Cc1ccc(COc2ccc(C(C)(C)C)cc2Cl)cc1. The van der Waals surface area contributed by atoms with Crippen molar-refractivity contribution in [3.63, 3.8) is 0 Å². The van der Waals surface area contributed by atoms with Crippen molar-refractivity contribution in [2.24, 2.45) is 5.41 Å². The summed E-state index contributed by atoms with van der Waals surface area (Å²) in [6.45, 7) is 29.1. The van der Waals surface area contributed by atoms with Gasteiger partial charge >= 0.3 is 0 Å². The molecular formula is C65H81Cl3F2O3. The van der Waals surface area contributed by atoms with Gasteiger partial charge < -0.3 is 14.2 Å². The normalized spacial score (nSPS) is 11.2. The molecule has 0 amide bonds. The van der Waals surface area contributed by atoms with Gasteiger partial charge in [0.15, 0.2) is 0 Å². The Hall–Kier alpha value is -5.33. The Morgan fingerprint density at radius 2 is 0.795 bits per heavy atom. The third-order valence-corrected chi connectivity index (χ3v) is 12.0. The summed E-state index contributed by atoms with van der Waals surface area (Å²) in [6.07, 6.45) is 1.16. The molecule has 8 heteroatoms. The lowest BCUT2D eigenvalue weighted by molar-refractivity contribution is 0.300. The molecule has 0 aliphatic carbocycles. The van der Waals surface area contributed by atoms with Crippen LogP contribution in [-0.2, 0) is 42.5 Å². The minimum Gasteiger partial charge on any atom is -0.487 e. The van der Waals surface area contributed by atoms with Crippen LogP contribution >= 0.6 is 34.8 Å². The van der Waals surface area contributed by atoms with Gasteiger partial charge in [0.25, 0.3) is 0 Å². The smallest absolute Gasteiger partial charge is 0.138 e. The Morgan fingerprint density at radius 3 is 1.19 bits per heavy atom. The van der Waals surface area contributed by atoms with Crippen molar-refractivity contribution >= 4 is 34.8 Å². The Balaban J connectivity index is 0.000000337. The van der Waals surface area contributed by atoms with Gasteiger partial charge in [0, 0.05) is 5.56 Å². The predicted molar refractivity (Wildman–Crippen MR) is 310 cm³/mol. The second-order valence-corrected chi connectivity index (χ2v) is 23.2. The zero-order chi connectivity index (χ0) is 52.6. The van der Waals surface area contributed by atoms with E-state index in [2.05, 4.69) is 151 Å². The van der Waals surface area contributed by atoms with Gasteiger partial charge in [-0.3, -0.25) is 0 Å². The molecule has 7 rings (SSSR count). The van der Waals surface area contributed by atoms with E-state index in [1.165, 1.54) is 34.9 Å². The lowest BCUT2D eigenvalue weighted by Crippen LogP contribution is -2.11. The number of aryl methyl sites for hydroxylation is 1. The fourth-order valence-corrected chi connectivity index (χ4v) is 7.57. The van der Waals surface area contributed by atoms with Crippen molar-refractivity contribution in [3.05, 3.63) is 229 Å². The standard InChI is InChI=1S/C18H21ClO.2C17H18ClFO.C11H16.2CH4/c1-13-5-7-14(8-6-13)12-20-17-10-9-15(11-16(17)19)18(2,3)4;1-17(2,3)13-7-8-16(15(18)10-13)20-11-12-5-4-6-14(19)9-12;1-17(2,3)13-8-9-16(14(18)10-13)20-11-12-6-4-5-7-15(12)19;1-11(2,3)9-10-7-5-4-6-8-10;;/h5-11H,12H2,1-4H3;2*4-10H,11H2,1-3H3;4-8H,9H2,1-3H3;2*1H4. The number of ether oxygens (including phenoxy) is 3. The second-order valence-electron chi connectivity index (χ2n) is 22.0. The second kappa shape index (κ2) is 28.9. The minimum absolute atomic E-state index is 0. The lowest BCUT2D eigenvalue weighted by Gasteiger charge is -2.20. The van der Waals surface area contributed by atoms with Gasteiger partial charge in [0.05, 0.1) is 15.1 Å². The van der Waals surface area contributed by atoms with E-state index in [-0.39, 0.29) is 49.3 Å². The molecule has 7 aromatic carbocycles. The molecule has 3 nitrogen and oxygen atoms in total. The number of hydrogen-bond acceptors (Lipinski definition) is 3. The monoisotopic (exact) mass is 1050 g/mol. The first-order valence-electron chi connectivity index (χ1n) is 24.0. The molecule has 0 unspecified atom stereocenters. The number of halogens is 5. The number of benzene rings is 7. The fraction of sp³-hybridized carbons (Fsp3) is 0.354. The number of hydrogen-bond donors (Lipinski definition) is 0. The van der Waals surface area contributed by atoms with Crippen molar-refractivity contribution < 1.29 is 23.0 Å². The molecule has 394 valence electrons. The molecule has 0 saturated carbocycles. The molecule has 0 spiro atoms. The molecule has 0 aliphatic heterocycles. The van der Waals surface area contributed by atoms with E-state index in [4.69, 9.17) is 49.0 Å². The average Bonchev–Trinajstić information content (AvgIpc) is 3.28. The Bertz CT molecular complexity index is 2730. The van der Waals surface area contributed by atoms with Crippen molar-refractivity contribution in [2.75, 3.05) is 0 Å². The molecule has 0 N–H and O–H groups in total. The molecule has 0 atom stereocenters. The van der Waals surface area contributed by atoms with Crippen LogP contribution in [0.15, 0.2) is 158 Å². The van der Waals surface area contributed by atoms with Crippen LogP contribution in [0.1, 0.15) is 142 Å². The summed E-state index contributed by atoms with van der Waals surface area (Å²) in [5.74, 6) is 1.39. The average molecular weight is 1050 g/mol. The molecule has 0 saturated heterocycles. The van der Waals surface area contributed by atoms with Gasteiger partial charge in [0.1, 0.15) is 48.7 Å². The summed E-state index contributed by atoms with van der Waals surface area (Å²) in [6, 6.07) is 49.4. The fourth-order valence-electron chi connectivity index (χ4n) is 6.87. The van der Waals surface area contributed by atoms with Crippen LogP contribution in [0, 0.1) is 24.0 Å². The van der Waals surface area contributed by atoms with E-state index in [0.717, 1.165) is 34.4 Å².